The lowest BCUT2D eigenvalue weighted by Gasteiger charge is -2.20. The van der Waals surface area contributed by atoms with E-state index in [1.165, 1.54) is 430 Å². The monoisotopic (exact) mass is 1180 g/mol. The molecule has 0 aromatic carbocycles. The standard InChI is InChI=1S/C80H159NO3/c1-3-5-7-9-11-13-15-17-19-21-23-25-27-29-31-33-35-36-37-38-39-40-41-42-43-44-46-48-50-52-54-56-58-60-62-64-66-68-70-72-74-76-80(84)81-78(77-82)79(83)75-73-71-69-67-65-63-61-59-57-55-53-51-49-47-45-34-32-30-28-26-24-22-20-18-16-14-12-10-8-6-4-2/h73,75,78-79,82-83H,3-72,74,76-77H2,1-2H3,(H,81,84)/b75-73+. The van der Waals surface area contributed by atoms with Gasteiger partial charge in [0.25, 0.3) is 0 Å². The van der Waals surface area contributed by atoms with Crippen LogP contribution < -0.4 is 5.32 Å². The number of rotatable bonds is 76. The second-order valence-electron chi connectivity index (χ2n) is 27.9. The van der Waals surface area contributed by atoms with Crippen LogP contribution in [-0.2, 0) is 4.79 Å². The van der Waals surface area contributed by atoms with Gasteiger partial charge in [-0.1, -0.05) is 463 Å². The number of carbonyl (C=O) groups is 1. The van der Waals surface area contributed by atoms with Crippen LogP contribution >= 0.6 is 0 Å². The fraction of sp³-hybridized carbons (Fsp3) is 0.963. The summed E-state index contributed by atoms with van der Waals surface area (Å²) in [6.45, 7) is 4.38. The van der Waals surface area contributed by atoms with Gasteiger partial charge in [0.2, 0.25) is 5.91 Å². The molecule has 0 spiro atoms. The van der Waals surface area contributed by atoms with Crippen LogP contribution in [0.4, 0.5) is 0 Å². The van der Waals surface area contributed by atoms with E-state index >= 15 is 0 Å². The van der Waals surface area contributed by atoms with Crippen molar-refractivity contribution in [1.29, 1.82) is 0 Å². The van der Waals surface area contributed by atoms with E-state index in [2.05, 4.69) is 19.2 Å². The van der Waals surface area contributed by atoms with Crippen molar-refractivity contribution in [2.24, 2.45) is 0 Å². The Morgan fingerprint density at radius 3 is 0.619 bits per heavy atom. The molecule has 0 aliphatic heterocycles. The first kappa shape index (κ1) is 83.1. The van der Waals surface area contributed by atoms with Gasteiger partial charge in [0, 0.05) is 6.42 Å². The molecule has 0 fully saturated rings. The smallest absolute Gasteiger partial charge is 0.220 e. The topological polar surface area (TPSA) is 69.6 Å². The molecule has 4 heteroatoms. The number of hydrogen-bond acceptors (Lipinski definition) is 3. The predicted octanol–water partition coefficient (Wildman–Crippen LogP) is 27.5. The van der Waals surface area contributed by atoms with Crippen LogP contribution in [0.25, 0.3) is 0 Å². The van der Waals surface area contributed by atoms with Crippen LogP contribution in [0, 0.1) is 0 Å². The van der Waals surface area contributed by atoms with Crippen molar-refractivity contribution < 1.29 is 15.0 Å². The average molecular weight is 1180 g/mol. The van der Waals surface area contributed by atoms with Gasteiger partial charge < -0.3 is 15.5 Å². The van der Waals surface area contributed by atoms with Gasteiger partial charge in [-0.2, -0.15) is 0 Å². The maximum absolute atomic E-state index is 12.6. The molecule has 0 heterocycles. The van der Waals surface area contributed by atoms with Crippen molar-refractivity contribution in [1.82, 2.24) is 5.32 Å². The van der Waals surface area contributed by atoms with E-state index < -0.39 is 12.1 Å². The van der Waals surface area contributed by atoms with Gasteiger partial charge in [0.1, 0.15) is 0 Å². The van der Waals surface area contributed by atoms with Gasteiger partial charge in [0.15, 0.2) is 0 Å². The number of carbonyl (C=O) groups excluding carboxylic acids is 1. The van der Waals surface area contributed by atoms with E-state index in [-0.39, 0.29) is 12.5 Å². The molecule has 1 amide bonds. The Labute approximate surface area is 530 Å². The third kappa shape index (κ3) is 71.9. The molecule has 0 aliphatic rings. The summed E-state index contributed by atoms with van der Waals surface area (Å²) in [6.07, 6.45) is 104. The molecule has 84 heavy (non-hydrogen) atoms. The van der Waals surface area contributed by atoms with E-state index in [1.54, 1.807) is 6.08 Å². The zero-order valence-corrected chi connectivity index (χ0v) is 58.2. The lowest BCUT2D eigenvalue weighted by molar-refractivity contribution is -0.123. The molecular weight excluding hydrogens is 1020 g/mol. The van der Waals surface area contributed by atoms with Gasteiger partial charge in [-0.15, -0.1) is 0 Å². The highest BCUT2D eigenvalue weighted by atomic mass is 16.3. The molecule has 2 unspecified atom stereocenters. The Bertz CT molecular complexity index is 1200. The highest BCUT2D eigenvalue weighted by molar-refractivity contribution is 5.76. The maximum atomic E-state index is 12.6. The highest BCUT2D eigenvalue weighted by Gasteiger charge is 2.18. The molecule has 0 saturated heterocycles. The highest BCUT2D eigenvalue weighted by Crippen LogP contribution is 2.21. The van der Waals surface area contributed by atoms with Crippen LogP contribution in [-0.4, -0.2) is 34.9 Å². The quantitative estimate of drug-likeness (QED) is 0.0420. The van der Waals surface area contributed by atoms with Crippen molar-refractivity contribution in [3.05, 3.63) is 12.2 Å². The molecular formula is C80H159NO3. The molecule has 502 valence electrons. The van der Waals surface area contributed by atoms with Crippen molar-refractivity contribution in [2.75, 3.05) is 6.61 Å². The molecule has 0 aliphatic carbocycles. The normalized spacial score (nSPS) is 12.6. The van der Waals surface area contributed by atoms with Crippen LogP contribution in [0.3, 0.4) is 0 Å². The van der Waals surface area contributed by atoms with Gasteiger partial charge >= 0.3 is 0 Å². The molecule has 0 bridgehead atoms. The lowest BCUT2D eigenvalue weighted by Crippen LogP contribution is -2.45. The summed E-state index contributed by atoms with van der Waals surface area (Å²) in [6, 6.07) is -0.621. The number of nitrogens with one attached hydrogen (secondary N) is 1. The Balaban J connectivity index is 3.35. The largest absolute Gasteiger partial charge is 0.394 e. The number of aliphatic hydroxyl groups is 2. The third-order valence-corrected chi connectivity index (χ3v) is 19.3. The van der Waals surface area contributed by atoms with Crippen molar-refractivity contribution in [3.8, 4) is 0 Å². The predicted molar refractivity (Wildman–Crippen MR) is 378 cm³/mol. The SMILES string of the molecule is CCCCCCCCCCCCCCCCCCCCCCCCCCCCCCC/C=C/C(O)C(CO)NC(=O)CCCCCCCCCCCCCCCCCCCCCCCCCCCCCCCCCCCCCCCCCCC. The Morgan fingerprint density at radius 2 is 0.440 bits per heavy atom. The van der Waals surface area contributed by atoms with E-state index in [1.807, 2.05) is 6.08 Å². The van der Waals surface area contributed by atoms with Crippen LogP contribution in [0.15, 0.2) is 12.2 Å². The summed E-state index contributed by atoms with van der Waals surface area (Å²) in [5, 5.41) is 23.4. The van der Waals surface area contributed by atoms with Gasteiger partial charge in [-0.3, -0.25) is 4.79 Å². The molecule has 3 N–H and O–H groups in total. The molecule has 0 aromatic heterocycles. The lowest BCUT2D eigenvalue weighted by atomic mass is 10.0. The molecule has 0 radical (unpaired) electrons. The van der Waals surface area contributed by atoms with Crippen LogP contribution in [0.5, 0.6) is 0 Å². The molecule has 2 atom stereocenters. The van der Waals surface area contributed by atoms with E-state index in [4.69, 9.17) is 0 Å². The number of amides is 1. The zero-order valence-electron chi connectivity index (χ0n) is 58.2. The molecule has 0 saturated carbocycles. The summed E-state index contributed by atoms with van der Waals surface area (Å²) in [5.41, 5.74) is 0. The number of hydrogen-bond donors (Lipinski definition) is 3. The number of allylic oxidation sites excluding steroid dienone is 1. The Kier molecular flexibility index (Phi) is 75.6. The van der Waals surface area contributed by atoms with Crippen molar-refractivity contribution in [3.63, 3.8) is 0 Å². The third-order valence-electron chi connectivity index (χ3n) is 19.3. The van der Waals surface area contributed by atoms with Crippen molar-refractivity contribution >= 4 is 5.91 Å². The minimum atomic E-state index is -0.838. The van der Waals surface area contributed by atoms with Crippen LogP contribution in [0.1, 0.15) is 476 Å². The van der Waals surface area contributed by atoms with E-state index in [0.29, 0.717) is 6.42 Å². The summed E-state index contributed by atoms with van der Waals surface area (Å²) in [4.78, 5) is 12.6. The second kappa shape index (κ2) is 76.4. The first-order chi connectivity index (χ1) is 41.7. The number of aliphatic hydroxyl groups excluding tert-OH is 2. The fourth-order valence-corrected chi connectivity index (χ4v) is 13.2. The summed E-state index contributed by atoms with van der Waals surface area (Å²) < 4.78 is 0. The Morgan fingerprint density at radius 1 is 0.274 bits per heavy atom. The van der Waals surface area contributed by atoms with Crippen molar-refractivity contribution in [2.45, 2.75) is 488 Å². The average Bonchev–Trinajstić information content (AvgIpc) is 3.51. The zero-order chi connectivity index (χ0) is 60.5. The molecule has 4 nitrogen and oxygen atoms in total. The maximum Gasteiger partial charge on any atom is 0.220 e. The summed E-state index contributed by atoms with van der Waals surface area (Å²) in [5.74, 6) is -0.0517. The van der Waals surface area contributed by atoms with Gasteiger partial charge in [-0.05, 0) is 19.3 Å². The van der Waals surface area contributed by atoms with E-state index in [9.17, 15) is 15.0 Å². The minimum absolute atomic E-state index is 0.0517. The van der Waals surface area contributed by atoms with Gasteiger partial charge in [-0.25, -0.2) is 0 Å². The first-order valence-electron chi connectivity index (χ1n) is 39.9. The molecule has 0 aromatic rings. The van der Waals surface area contributed by atoms with Crippen LogP contribution in [0.2, 0.25) is 0 Å². The second-order valence-corrected chi connectivity index (χ2v) is 27.9. The summed E-state index contributed by atoms with van der Waals surface area (Å²) >= 11 is 0. The minimum Gasteiger partial charge on any atom is -0.394 e. The van der Waals surface area contributed by atoms with E-state index in [0.717, 1.165) is 25.7 Å². The van der Waals surface area contributed by atoms with Gasteiger partial charge in [0.05, 0.1) is 18.8 Å². The first-order valence-corrected chi connectivity index (χ1v) is 39.9. The Hall–Kier alpha value is -0.870. The number of unbranched alkanes of at least 4 members (excludes halogenated alkanes) is 69. The fourth-order valence-electron chi connectivity index (χ4n) is 13.2. The molecule has 0 rings (SSSR count). The summed E-state index contributed by atoms with van der Waals surface area (Å²) in [7, 11) is 0.